The van der Waals surface area contributed by atoms with Crippen LogP contribution in [-0.4, -0.2) is 42.4 Å². The molecule has 1 aliphatic carbocycles. The van der Waals surface area contributed by atoms with E-state index in [4.69, 9.17) is 23.7 Å². The molecule has 1 saturated carbocycles. The van der Waals surface area contributed by atoms with Gasteiger partial charge in [0.1, 0.15) is 36.6 Å². The Hall–Kier alpha value is -1.76. The van der Waals surface area contributed by atoms with Crippen LogP contribution >= 0.6 is 0 Å². The van der Waals surface area contributed by atoms with Crippen molar-refractivity contribution in [2.24, 2.45) is 0 Å². The number of epoxide rings is 1. The van der Waals surface area contributed by atoms with E-state index >= 15 is 0 Å². The Balaban J connectivity index is 1.34. The molecule has 148 valence electrons. The molecule has 0 amide bonds. The summed E-state index contributed by atoms with van der Waals surface area (Å²) < 4.78 is 31.0. The normalized spacial score (nSPS) is 35.2. The molecule has 2 saturated heterocycles. The Morgan fingerprint density at radius 3 is 1.75 bits per heavy atom. The maximum absolute atomic E-state index is 6.36. The lowest BCUT2D eigenvalue weighted by Gasteiger charge is -2.35. The number of hydrogen-bond acceptors (Lipinski definition) is 5. The van der Waals surface area contributed by atoms with Crippen LogP contribution in [0.5, 0.6) is 0 Å². The third-order valence-corrected chi connectivity index (χ3v) is 5.59. The van der Waals surface area contributed by atoms with Crippen LogP contribution in [0.1, 0.15) is 25.0 Å². The highest BCUT2D eigenvalue weighted by atomic mass is 16.8. The molecule has 28 heavy (non-hydrogen) atoms. The lowest BCUT2D eigenvalue weighted by molar-refractivity contribution is -0.181. The van der Waals surface area contributed by atoms with E-state index in [0.717, 1.165) is 11.1 Å². The zero-order valence-corrected chi connectivity index (χ0v) is 16.2. The average molecular weight is 382 g/mol. The van der Waals surface area contributed by atoms with Crippen molar-refractivity contribution >= 4 is 0 Å². The summed E-state index contributed by atoms with van der Waals surface area (Å²) >= 11 is 0. The third-order valence-electron chi connectivity index (χ3n) is 5.59. The molecule has 0 bridgehead atoms. The fourth-order valence-electron chi connectivity index (χ4n) is 4.28. The summed E-state index contributed by atoms with van der Waals surface area (Å²) in [4.78, 5) is 0. The SMILES string of the molecule is CC1(C)O[C@@H]2[C@@H](OCc3ccccc3)[C@H](OCc3ccccc3)[C@@H]3O[C@@H]3[C@@H]2O1. The summed E-state index contributed by atoms with van der Waals surface area (Å²) in [5.41, 5.74) is 2.26. The first kappa shape index (κ1) is 18.3. The minimum atomic E-state index is -0.644. The molecule has 2 aromatic carbocycles. The number of rotatable bonds is 6. The predicted octanol–water partition coefficient (Wildman–Crippen LogP) is 3.46. The summed E-state index contributed by atoms with van der Waals surface area (Å²) in [6.07, 6.45) is -0.750. The van der Waals surface area contributed by atoms with Crippen molar-refractivity contribution in [3.05, 3.63) is 71.8 Å². The summed E-state index contributed by atoms with van der Waals surface area (Å²) in [5.74, 6) is -0.644. The molecule has 3 aliphatic rings. The fourth-order valence-corrected chi connectivity index (χ4v) is 4.28. The van der Waals surface area contributed by atoms with Gasteiger partial charge in [-0.15, -0.1) is 0 Å². The van der Waals surface area contributed by atoms with E-state index in [1.54, 1.807) is 0 Å². The van der Waals surface area contributed by atoms with Crippen LogP contribution in [0, 0.1) is 0 Å². The molecule has 2 aliphatic heterocycles. The van der Waals surface area contributed by atoms with E-state index in [2.05, 4.69) is 24.3 Å². The molecule has 0 unspecified atom stereocenters. The zero-order valence-electron chi connectivity index (χ0n) is 16.2. The molecular weight excluding hydrogens is 356 g/mol. The van der Waals surface area contributed by atoms with Crippen LogP contribution in [0.3, 0.4) is 0 Å². The first-order valence-electron chi connectivity index (χ1n) is 9.93. The van der Waals surface area contributed by atoms with Gasteiger partial charge in [0.15, 0.2) is 5.79 Å². The van der Waals surface area contributed by atoms with Crippen molar-refractivity contribution < 1.29 is 23.7 Å². The molecule has 0 aromatic heterocycles. The van der Waals surface area contributed by atoms with Crippen LogP contribution in [-0.2, 0) is 36.9 Å². The van der Waals surface area contributed by atoms with Crippen LogP contribution in [0.2, 0.25) is 0 Å². The molecule has 0 N–H and O–H groups in total. The van der Waals surface area contributed by atoms with Gasteiger partial charge in [0.05, 0.1) is 13.2 Å². The van der Waals surface area contributed by atoms with Gasteiger partial charge in [-0.3, -0.25) is 0 Å². The molecule has 2 heterocycles. The summed E-state index contributed by atoms with van der Waals surface area (Å²) in [6.45, 7) is 4.90. The monoisotopic (exact) mass is 382 g/mol. The molecule has 5 rings (SSSR count). The molecule has 2 aromatic rings. The highest BCUT2D eigenvalue weighted by molar-refractivity contribution is 5.17. The van der Waals surface area contributed by atoms with E-state index in [1.165, 1.54) is 0 Å². The van der Waals surface area contributed by atoms with Gasteiger partial charge in [0.2, 0.25) is 0 Å². The zero-order chi connectivity index (χ0) is 19.1. The van der Waals surface area contributed by atoms with Crippen molar-refractivity contribution in [3.63, 3.8) is 0 Å². The second-order valence-corrected chi connectivity index (χ2v) is 8.15. The first-order chi connectivity index (χ1) is 13.6. The van der Waals surface area contributed by atoms with E-state index in [0.29, 0.717) is 13.2 Å². The maximum atomic E-state index is 6.36. The van der Waals surface area contributed by atoms with Gasteiger partial charge >= 0.3 is 0 Å². The van der Waals surface area contributed by atoms with Crippen molar-refractivity contribution in [2.45, 2.75) is 69.5 Å². The van der Waals surface area contributed by atoms with Gasteiger partial charge in [0.25, 0.3) is 0 Å². The Morgan fingerprint density at radius 2 is 1.18 bits per heavy atom. The summed E-state index contributed by atoms with van der Waals surface area (Å²) in [6, 6.07) is 20.3. The topological polar surface area (TPSA) is 49.5 Å². The number of fused-ring (bicyclic) bond motifs is 3. The second-order valence-electron chi connectivity index (χ2n) is 8.15. The second kappa shape index (κ2) is 7.25. The summed E-state index contributed by atoms with van der Waals surface area (Å²) in [5, 5.41) is 0. The van der Waals surface area contributed by atoms with Crippen LogP contribution in [0.15, 0.2) is 60.7 Å². The van der Waals surface area contributed by atoms with Crippen molar-refractivity contribution in [1.29, 1.82) is 0 Å². The number of hydrogen-bond donors (Lipinski definition) is 0. The molecule has 3 fully saturated rings. The number of ether oxygens (including phenoxy) is 5. The highest BCUT2D eigenvalue weighted by Gasteiger charge is 2.67. The van der Waals surface area contributed by atoms with Gasteiger partial charge in [-0.2, -0.15) is 0 Å². The quantitative estimate of drug-likeness (QED) is 0.716. The summed E-state index contributed by atoms with van der Waals surface area (Å²) in [7, 11) is 0. The maximum Gasteiger partial charge on any atom is 0.164 e. The van der Waals surface area contributed by atoms with E-state index in [1.807, 2.05) is 50.2 Å². The van der Waals surface area contributed by atoms with Gasteiger partial charge in [-0.1, -0.05) is 60.7 Å². The molecule has 0 spiro atoms. The Bertz CT molecular complexity index is 793. The van der Waals surface area contributed by atoms with Gasteiger partial charge in [-0.25, -0.2) is 0 Å². The van der Waals surface area contributed by atoms with E-state index < -0.39 is 5.79 Å². The molecule has 6 atom stereocenters. The minimum absolute atomic E-state index is 0.0109. The largest absolute Gasteiger partial charge is 0.368 e. The van der Waals surface area contributed by atoms with Crippen molar-refractivity contribution in [2.75, 3.05) is 0 Å². The standard InChI is InChI=1S/C23H26O5/c1-23(2)27-21-18(25-14-16-11-7-4-8-12-16)17(19-20(26-19)22(21)28-23)24-13-15-9-5-3-6-10-15/h3-12,17-22H,13-14H2,1-2H3/t17-,18-,19-,20-,21+,22-/m0/s1. The minimum Gasteiger partial charge on any atom is -0.368 e. The third kappa shape index (κ3) is 3.61. The fraction of sp³-hybridized carbons (Fsp3) is 0.478. The van der Waals surface area contributed by atoms with Crippen molar-refractivity contribution in [1.82, 2.24) is 0 Å². The van der Waals surface area contributed by atoms with E-state index in [-0.39, 0.29) is 36.6 Å². The Labute approximate surface area is 165 Å². The lowest BCUT2D eigenvalue weighted by atomic mass is 9.89. The Kier molecular flexibility index (Phi) is 4.73. The first-order valence-corrected chi connectivity index (χ1v) is 9.93. The molecular formula is C23H26O5. The molecule has 0 radical (unpaired) electrons. The van der Waals surface area contributed by atoms with Gasteiger partial charge in [-0.05, 0) is 25.0 Å². The molecule has 5 nitrogen and oxygen atoms in total. The average Bonchev–Trinajstić information content (AvgIpc) is 3.43. The van der Waals surface area contributed by atoms with Crippen LogP contribution in [0.4, 0.5) is 0 Å². The van der Waals surface area contributed by atoms with Gasteiger partial charge in [0, 0.05) is 0 Å². The highest BCUT2D eigenvalue weighted by Crippen LogP contribution is 2.48. The Morgan fingerprint density at radius 1 is 0.679 bits per heavy atom. The number of benzene rings is 2. The van der Waals surface area contributed by atoms with Crippen LogP contribution < -0.4 is 0 Å². The van der Waals surface area contributed by atoms with Crippen LogP contribution in [0.25, 0.3) is 0 Å². The predicted molar refractivity (Wildman–Crippen MR) is 103 cm³/mol. The van der Waals surface area contributed by atoms with E-state index in [9.17, 15) is 0 Å². The van der Waals surface area contributed by atoms with Crippen molar-refractivity contribution in [3.8, 4) is 0 Å². The smallest absolute Gasteiger partial charge is 0.164 e. The van der Waals surface area contributed by atoms with Gasteiger partial charge < -0.3 is 23.7 Å². The lowest BCUT2D eigenvalue weighted by Crippen LogP contribution is -2.54. The molecule has 5 heteroatoms.